The molecule has 0 aliphatic heterocycles. The van der Waals surface area contributed by atoms with Crippen LogP contribution in [0.4, 0.5) is 0 Å². The van der Waals surface area contributed by atoms with Crippen molar-refractivity contribution in [1.82, 2.24) is 4.98 Å². The van der Waals surface area contributed by atoms with Gasteiger partial charge in [0.1, 0.15) is 11.1 Å². The number of nitrogens with zero attached hydrogens (tertiary/aromatic N) is 2. The molecule has 0 aliphatic rings. The highest BCUT2D eigenvalue weighted by Gasteiger charge is 2.12. The highest BCUT2D eigenvalue weighted by molar-refractivity contribution is 9.10. The molecule has 0 atom stereocenters. The Morgan fingerprint density at radius 2 is 1.74 bits per heavy atom. The van der Waals surface area contributed by atoms with E-state index in [0.717, 1.165) is 22.4 Å². The number of ether oxygens (including phenoxy) is 1. The highest BCUT2D eigenvalue weighted by atomic mass is 79.9. The van der Waals surface area contributed by atoms with Gasteiger partial charge in [0, 0.05) is 10.9 Å². The topological polar surface area (TPSA) is 66.1 Å². The summed E-state index contributed by atoms with van der Waals surface area (Å²) in [6, 6.07) is 24.1. The molecule has 31 heavy (non-hydrogen) atoms. The summed E-state index contributed by atoms with van der Waals surface area (Å²) in [6.07, 6.45) is 1.73. The van der Waals surface area contributed by atoms with Crippen molar-refractivity contribution in [2.75, 3.05) is 7.11 Å². The van der Waals surface area contributed by atoms with Crippen LogP contribution in [0.15, 0.2) is 76.6 Å². The van der Waals surface area contributed by atoms with Crippen LogP contribution in [0.25, 0.3) is 34.0 Å². The molecule has 0 radical (unpaired) electrons. The van der Waals surface area contributed by atoms with E-state index in [4.69, 9.17) is 4.74 Å². The Kier molecular flexibility index (Phi) is 6.17. The van der Waals surface area contributed by atoms with Gasteiger partial charge in [-0.2, -0.15) is 5.26 Å². The molecule has 3 aromatic carbocycles. The van der Waals surface area contributed by atoms with Gasteiger partial charge >= 0.3 is 0 Å². The van der Waals surface area contributed by atoms with Crippen LogP contribution in [-0.2, 0) is 0 Å². The Morgan fingerprint density at radius 3 is 2.42 bits per heavy atom. The second-order valence-electron chi connectivity index (χ2n) is 6.70. The minimum Gasteiger partial charge on any atom is -0.503 e. The molecule has 1 heterocycles. The number of phenolic OH excluding ortho intramolecular Hbond substituents is 1. The zero-order chi connectivity index (χ0) is 21.8. The van der Waals surface area contributed by atoms with Crippen molar-refractivity contribution in [2.45, 2.75) is 0 Å². The second kappa shape index (κ2) is 9.17. The quantitative estimate of drug-likeness (QED) is 0.306. The maximum Gasteiger partial charge on any atom is 0.172 e. The molecular weight excluding hydrogens is 472 g/mol. The number of aromatic nitrogens is 1. The van der Waals surface area contributed by atoms with Gasteiger partial charge < -0.3 is 9.84 Å². The van der Waals surface area contributed by atoms with Gasteiger partial charge in [0.25, 0.3) is 0 Å². The van der Waals surface area contributed by atoms with E-state index in [0.29, 0.717) is 20.8 Å². The third-order valence-electron chi connectivity index (χ3n) is 4.72. The lowest BCUT2D eigenvalue weighted by molar-refractivity contribution is 0.372. The van der Waals surface area contributed by atoms with Crippen molar-refractivity contribution in [2.24, 2.45) is 0 Å². The molecule has 4 nitrogen and oxygen atoms in total. The summed E-state index contributed by atoms with van der Waals surface area (Å²) >= 11 is 4.73. The first-order chi connectivity index (χ1) is 15.1. The zero-order valence-electron chi connectivity index (χ0n) is 16.5. The number of hydrogen-bond acceptors (Lipinski definition) is 5. The molecular formula is C25H17BrN2O2S. The van der Waals surface area contributed by atoms with Gasteiger partial charge in [-0.05, 0) is 50.8 Å². The summed E-state index contributed by atoms with van der Waals surface area (Å²) in [7, 11) is 1.48. The lowest BCUT2D eigenvalue weighted by Gasteiger charge is -2.06. The first-order valence-corrected chi connectivity index (χ1v) is 11.1. The zero-order valence-corrected chi connectivity index (χ0v) is 18.9. The van der Waals surface area contributed by atoms with Crippen LogP contribution in [0, 0.1) is 11.3 Å². The van der Waals surface area contributed by atoms with Gasteiger partial charge in [0.05, 0.1) is 22.8 Å². The molecule has 0 saturated heterocycles. The van der Waals surface area contributed by atoms with Gasteiger partial charge in [0.2, 0.25) is 0 Å². The lowest BCUT2D eigenvalue weighted by atomic mass is 10.0. The Labute approximate surface area is 192 Å². The molecule has 0 saturated carbocycles. The fourth-order valence-corrected chi connectivity index (χ4v) is 4.39. The number of rotatable bonds is 5. The monoisotopic (exact) mass is 488 g/mol. The molecule has 0 amide bonds. The Balaban J connectivity index is 1.62. The average Bonchev–Trinajstić information content (AvgIpc) is 3.30. The first kappa shape index (κ1) is 20.9. The maximum atomic E-state index is 9.98. The number of thiazole rings is 1. The van der Waals surface area contributed by atoms with Crippen molar-refractivity contribution >= 4 is 38.9 Å². The van der Waals surface area contributed by atoms with Gasteiger partial charge in [-0.25, -0.2) is 4.98 Å². The number of methoxy groups -OCH3 is 1. The predicted molar refractivity (Wildman–Crippen MR) is 129 cm³/mol. The molecule has 152 valence electrons. The van der Waals surface area contributed by atoms with Crippen LogP contribution in [0.5, 0.6) is 11.5 Å². The van der Waals surface area contributed by atoms with Crippen LogP contribution in [-0.4, -0.2) is 17.2 Å². The predicted octanol–water partition coefficient (Wildman–Crippen LogP) is 7.02. The molecule has 4 aromatic rings. The summed E-state index contributed by atoms with van der Waals surface area (Å²) in [5, 5.41) is 22.3. The third-order valence-corrected chi connectivity index (χ3v) is 6.20. The number of benzene rings is 3. The Bertz CT molecular complexity index is 1290. The van der Waals surface area contributed by atoms with Crippen LogP contribution in [0.3, 0.4) is 0 Å². The lowest BCUT2D eigenvalue weighted by Crippen LogP contribution is -1.87. The largest absolute Gasteiger partial charge is 0.503 e. The molecule has 0 unspecified atom stereocenters. The van der Waals surface area contributed by atoms with E-state index in [9.17, 15) is 10.4 Å². The Hall–Kier alpha value is -3.40. The molecule has 4 rings (SSSR count). The summed E-state index contributed by atoms with van der Waals surface area (Å²) in [5.74, 6) is 0.352. The molecule has 0 fully saturated rings. The maximum absolute atomic E-state index is 9.98. The van der Waals surface area contributed by atoms with Gasteiger partial charge in [-0.15, -0.1) is 11.3 Å². The van der Waals surface area contributed by atoms with Crippen LogP contribution in [0.2, 0.25) is 0 Å². The standard InChI is InChI=1S/C25H17BrN2O2S/c1-30-23-13-16(12-21(26)24(23)29)11-20(14-27)25-28-22(15-31-25)19-9-7-18(8-10-19)17-5-3-2-4-6-17/h2-13,15,29H,1H3/b20-11+. The number of phenols is 1. The van der Waals surface area contributed by atoms with Crippen LogP contribution in [0.1, 0.15) is 10.6 Å². The van der Waals surface area contributed by atoms with Crippen LogP contribution < -0.4 is 4.74 Å². The number of halogens is 1. The van der Waals surface area contributed by atoms with Gasteiger partial charge in [-0.3, -0.25) is 0 Å². The summed E-state index contributed by atoms with van der Waals surface area (Å²) in [6.45, 7) is 0. The van der Waals surface area contributed by atoms with Crippen molar-refractivity contribution in [3.05, 3.63) is 87.2 Å². The third kappa shape index (κ3) is 4.53. The van der Waals surface area contributed by atoms with E-state index in [-0.39, 0.29) is 5.75 Å². The van der Waals surface area contributed by atoms with E-state index >= 15 is 0 Å². The Morgan fingerprint density at radius 1 is 1.06 bits per heavy atom. The highest BCUT2D eigenvalue weighted by Crippen LogP contribution is 2.36. The minimum atomic E-state index is 0.0219. The van der Waals surface area contributed by atoms with Gasteiger partial charge in [-0.1, -0.05) is 54.6 Å². The fourth-order valence-electron chi connectivity index (χ4n) is 3.14. The molecule has 0 bridgehead atoms. The second-order valence-corrected chi connectivity index (χ2v) is 8.42. The smallest absolute Gasteiger partial charge is 0.172 e. The van der Waals surface area contributed by atoms with E-state index < -0.39 is 0 Å². The van der Waals surface area contributed by atoms with Crippen molar-refractivity contribution in [1.29, 1.82) is 5.26 Å². The van der Waals surface area contributed by atoms with Crippen molar-refractivity contribution in [3.63, 3.8) is 0 Å². The molecule has 1 N–H and O–H groups in total. The number of nitriles is 1. The van der Waals surface area contributed by atoms with Crippen molar-refractivity contribution in [3.8, 4) is 40.0 Å². The number of allylic oxidation sites excluding steroid dienone is 1. The molecule has 1 aromatic heterocycles. The summed E-state index contributed by atoms with van der Waals surface area (Å²) < 4.78 is 5.68. The minimum absolute atomic E-state index is 0.0219. The molecule has 6 heteroatoms. The fraction of sp³-hybridized carbons (Fsp3) is 0.0400. The normalized spacial score (nSPS) is 11.2. The van der Waals surface area contributed by atoms with Crippen molar-refractivity contribution < 1.29 is 9.84 Å². The molecule has 0 spiro atoms. The van der Waals surface area contributed by atoms with E-state index in [1.165, 1.54) is 24.0 Å². The number of aromatic hydroxyl groups is 1. The van der Waals surface area contributed by atoms with E-state index in [1.807, 2.05) is 35.7 Å². The SMILES string of the molecule is COc1cc(/C=C(\C#N)c2nc(-c3ccc(-c4ccccc4)cc3)cs2)cc(Br)c1O. The van der Waals surface area contributed by atoms with E-state index in [1.54, 1.807) is 18.2 Å². The first-order valence-electron chi connectivity index (χ1n) is 9.39. The average molecular weight is 489 g/mol. The molecule has 0 aliphatic carbocycles. The number of hydrogen-bond donors (Lipinski definition) is 1. The van der Waals surface area contributed by atoms with Gasteiger partial charge in [0.15, 0.2) is 11.5 Å². The van der Waals surface area contributed by atoms with E-state index in [2.05, 4.69) is 51.2 Å². The summed E-state index contributed by atoms with van der Waals surface area (Å²) in [4.78, 5) is 4.67. The van der Waals surface area contributed by atoms with Crippen LogP contribution >= 0.6 is 27.3 Å². The summed E-state index contributed by atoms with van der Waals surface area (Å²) in [5.41, 5.74) is 5.29.